The molecule has 1 N–H and O–H groups in total. The van der Waals surface area contributed by atoms with Crippen LogP contribution in [-0.4, -0.2) is 40.3 Å². The van der Waals surface area contributed by atoms with Gasteiger partial charge in [0.25, 0.3) is 5.89 Å². The van der Waals surface area contributed by atoms with E-state index < -0.39 is 6.04 Å². The summed E-state index contributed by atoms with van der Waals surface area (Å²) in [5, 5.41) is 8.72. The first-order valence-electron chi connectivity index (χ1n) is 7.89. The van der Waals surface area contributed by atoms with Gasteiger partial charge in [-0.05, 0) is 31.2 Å². The van der Waals surface area contributed by atoms with Crippen molar-refractivity contribution in [2.75, 3.05) is 18.5 Å². The molecule has 0 radical (unpaired) electrons. The number of carbonyl (C=O) groups excluding carboxylic acids is 1. The number of amides is 2. The maximum Gasteiger partial charge on any atom is 0.322 e. The molecule has 0 unspecified atom stereocenters. The van der Waals surface area contributed by atoms with Crippen LogP contribution in [0.5, 0.6) is 0 Å². The molecular weight excluding hydrogens is 352 g/mol. The molecule has 4 rings (SSSR count). The van der Waals surface area contributed by atoms with Crippen LogP contribution in [0.3, 0.4) is 0 Å². The number of rotatable bonds is 3. The SMILES string of the molecule is C[C@H]1OCCN(C(=O)Nc2ccsc2Cl)[C@@H]1c1nc(C2CC2)no1. The molecule has 0 spiro atoms. The Morgan fingerprint density at radius 3 is 3.04 bits per heavy atom. The zero-order chi connectivity index (χ0) is 16.7. The van der Waals surface area contributed by atoms with Crippen LogP contribution in [0.2, 0.25) is 4.34 Å². The summed E-state index contributed by atoms with van der Waals surface area (Å²) >= 11 is 7.44. The number of halogens is 1. The fourth-order valence-electron chi connectivity index (χ4n) is 2.83. The number of morpholine rings is 1. The van der Waals surface area contributed by atoms with Gasteiger partial charge in [0.1, 0.15) is 10.4 Å². The second-order valence-electron chi connectivity index (χ2n) is 6.02. The van der Waals surface area contributed by atoms with Crippen LogP contribution in [0.25, 0.3) is 0 Å². The zero-order valence-electron chi connectivity index (χ0n) is 13.1. The van der Waals surface area contributed by atoms with Crippen LogP contribution in [0.15, 0.2) is 16.0 Å². The number of hydrogen-bond acceptors (Lipinski definition) is 6. The van der Waals surface area contributed by atoms with Crippen molar-refractivity contribution < 1.29 is 14.1 Å². The van der Waals surface area contributed by atoms with E-state index in [1.807, 2.05) is 12.3 Å². The van der Waals surface area contributed by atoms with Crippen LogP contribution in [0.4, 0.5) is 10.5 Å². The third-order valence-electron chi connectivity index (χ3n) is 4.27. The van der Waals surface area contributed by atoms with Gasteiger partial charge in [-0.15, -0.1) is 11.3 Å². The number of hydrogen-bond donors (Lipinski definition) is 1. The van der Waals surface area contributed by atoms with Gasteiger partial charge in [0.05, 0.1) is 18.4 Å². The summed E-state index contributed by atoms with van der Waals surface area (Å²) in [6.45, 7) is 2.82. The molecular formula is C15H17ClN4O3S. The van der Waals surface area contributed by atoms with Crippen LogP contribution < -0.4 is 5.32 Å². The first-order valence-corrected chi connectivity index (χ1v) is 9.15. The van der Waals surface area contributed by atoms with Crippen LogP contribution in [-0.2, 0) is 4.74 Å². The number of nitrogens with one attached hydrogen (secondary N) is 1. The molecule has 2 amide bonds. The highest BCUT2D eigenvalue weighted by Gasteiger charge is 2.39. The van der Waals surface area contributed by atoms with Gasteiger partial charge in [-0.25, -0.2) is 4.79 Å². The molecule has 2 atom stereocenters. The van der Waals surface area contributed by atoms with E-state index >= 15 is 0 Å². The van der Waals surface area contributed by atoms with Crippen molar-refractivity contribution in [3.63, 3.8) is 0 Å². The average Bonchev–Trinajstić information content (AvgIpc) is 3.17. The molecule has 1 saturated carbocycles. The average molecular weight is 369 g/mol. The Labute approximate surface area is 147 Å². The minimum atomic E-state index is -0.406. The Balaban J connectivity index is 1.56. The predicted octanol–water partition coefficient (Wildman–Crippen LogP) is 3.66. The highest BCUT2D eigenvalue weighted by molar-refractivity contribution is 7.15. The van der Waals surface area contributed by atoms with Crippen molar-refractivity contribution in [3.8, 4) is 0 Å². The van der Waals surface area contributed by atoms with Gasteiger partial charge in [0, 0.05) is 12.5 Å². The molecule has 0 aromatic carbocycles. The highest BCUT2D eigenvalue weighted by atomic mass is 35.5. The normalized spacial score (nSPS) is 24.2. The van der Waals surface area contributed by atoms with E-state index in [2.05, 4.69) is 15.5 Å². The summed E-state index contributed by atoms with van der Waals surface area (Å²) in [7, 11) is 0. The van der Waals surface area contributed by atoms with Gasteiger partial charge in [-0.2, -0.15) is 4.98 Å². The van der Waals surface area contributed by atoms with Crippen molar-refractivity contribution in [2.24, 2.45) is 0 Å². The first kappa shape index (κ1) is 15.9. The number of urea groups is 1. The number of carbonyl (C=O) groups is 1. The van der Waals surface area contributed by atoms with E-state index in [0.717, 1.165) is 18.7 Å². The molecule has 9 heteroatoms. The Bertz CT molecular complexity index is 745. The monoisotopic (exact) mass is 368 g/mol. The third-order valence-corrected chi connectivity index (χ3v) is 5.44. The molecule has 7 nitrogen and oxygen atoms in total. The fourth-order valence-corrected chi connectivity index (χ4v) is 3.66. The highest BCUT2D eigenvalue weighted by Crippen LogP contribution is 2.39. The van der Waals surface area contributed by atoms with Gasteiger partial charge >= 0.3 is 6.03 Å². The molecule has 3 heterocycles. The van der Waals surface area contributed by atoms with E-state index in [0.29, 0.717) is 35.0 Å². The Hall–Kier alpha value is -1.64. The Morgan fingerprint density at radius 1 is 1.50 bits per heavy atom. The quantitative estimate of drug-likeness (QED) is 0.894. The van der Waals surface area contributed by atoms with Gasteiger partial charge in [0.15, 0.2) is 5.82 Å². The maximum absolute atomic E-state index is 12.7. The lowest BCUT2D eigenvalue weighted by molar-refractivity contribution is -0.0525. The number of anilines is 1. The minimum Gasteiger partial charge on any atom is -0.374 e. The maximum atomic E-state index is 12.7. The number of thiophene rings is 1. The molecule has 24 heavy (non-hydrogen) atoms. The van der Waals surface area contributed by atoms with Crippen molar-refractivity contribution in [1.29, 1.82) is 0 Å². The number of nitrogens with zero attached hydrogens (tertiary/aromatic N) is 3. The summed E-state index contributed by atoms with van der Waals surface area (Å²) in [5.74, 6) is 1.55. The van der Waals surface area contributed by atoms with E-state index in [1.54, 1.807) is 11.0 Å². The lowest BCUT2D eigenvalue weighted by Gasteiger charge is -2.37. The second kappa shape index (κ2) is 6.34. The Morgan fingerprint density at radius 2 is 2.33 bits per heavy atom. The molecule has 1 aliphatic carbocycles. The van der Waals surface area contributed by atoms with Gasteiger partial charge < -0.3 is 19.5 Å². The predicted molar refractivity (Wildman–Crippen MR) is 89.5 cm³/mol. The van der Waals surface area contributed by atoms with Crippen molar-refractivity contribution in [2.45, 2.75) is 37.8 Å². The Kier molecular flexibility index (Phi) is 4.19. The van der Waals surface area contributed by atoms with E-state index in [9.17, 15) is 4.79 Å². The fraction of sp³-hybridized carbons (Fsp3) is 0.533. The van der Waals surface area contributed by atoms with E-state index in [4.69, 9.17) is 20.9 Å². The summed E-state index contributed by atoms with van der Waals surface area (Å²) in [6.07, 6.45) is 1.96. The first-order chi connectivity index (χ1) is 11.6. The summed E-state index contributed by atoms with van der Waals surface area (Å²) in [4.78, 5) is 18.9. The van der Waals surface area contributed by atoms with Crippen LogP contribution >= 0.6 is 22.9 Å². The number of ether oxygens (including phenoxy) is 1. The van der Waals surface area contributed by atoms with Gasteiger partial charge in [-0.3, -0.25) is 0 Å². The zero-order valence-corrected chi connectivity index (χ0v) is 14.6. The van der Waals surface area contributed by atoms with Gasteiger partial charge in [0.2, 0.25) is 0 Å². The summed E-state index contributed by atoms with van der Waals surface area (Å²) in [5.41, 5.74) is 0.605. The molecule has 0 bridgehead atoms. The van der Waals surface area contributed by atoms with Crippen LogP contribution in [0, 0.1) is 0 Å². The van der Waals surface area contributed by atoms with Crippen LogP contribution in [0.1, 0.15) is 43.4 Å². The second-order valence-corrected chi connectivity index (χ2v) is 7.54. The molecule has 2 aromatic heterocycles. The van der Waals surface area contributed by atoms with Crippen molar-refractivity contribution in [3.05, 3.63) is 27.5 Å². The molecule has 2 fully saturated rings. The molecule has 128 valence electrons. The lowest BCUT2D eigenvalue weighted by atomic mass is 10.1. The van der Waals surface area contributed by atoms with Gasteiger partial charge in [-0.1, -0.05) is 16.8 Å². The molecule has 2 aromatic rings. The summed E-state index contributed by atoms with van der Waals surface area (Å²) < 4.78 is 11.7. The summed E-state index contributed by atoms with van der Waals surface area (Å²) in [6, 6.07) is 1.12. The minimum absolute atomic E-state index is 0.227. The van der Waals surface area contributed by atoms with E-state index in [1.165, 1.54) is 11.3 Å². The smallest absolute Gasteiger partial charge is 0.322 e. The van der Waals surface area contributed by atoms with Crippen molar-refractivity contribution >= 4 is 34.7 Å². The number of aromatic nitrogens is 2. The molecule has 1 aliphatic heterocycles. The largest absolute Gasteiger partial charge is 0.374 e. The molecule has 2 aliphatic rings. The standard InChI is InChI=1S/C15H17ClN4O3S/c1-8-11(14-18-13(19-23-14)9-2-3-9)20(5-6-22-8)15(21)17-10-4-7-24-12(10)16/h4,7-9,11H,2-3,5-6H2,1H3,(H,17,21)/t8-,11+/m1/s1. The topological polar surface area (TPSA) is 80.5 Å². The third kappa shape index (κ3) is 3.01. The lowest BCUT2D eigenvalue weighted by Crippen LogP contribution is -2.49. The van der Waals surface area contributed by atoms with Crippen molar-refractivity contribution in [1.82, 2.24) is 15.0 Å². The molecule has 1 saturated heterocycles. The van der Waals surface area contributed by atoms with E-state index in [-0.39, 0.29) is 12.1 Å².